The fourth-order valence-electron chi connectivity index (χ4n) is 3.52. The van der Waals surface area contributed by atoms with Crippen LogP contribution in [0.2, 0.25) is 0 Å². The number of hydrogen-bond donors (Lipinski definition) is 1. The monoisotopic (exact) mass is 434 g/mol. The molecule has 0 saturated heterocycles. The molecule has 0 radical (unpaired) electrons. The number of fused-ring (bicyclic) bond motifs is 1. The number of ether oxygens (including phenoxy) is 2. The Bertz CT molecular complexity index is 942. The number of carbonyl (C=O) groups excluding carboxylic acids is 3. The second-order valence-electron chi connectivity index (χ2n) is 7.46. The van der Waals surface area contributed by atoms with Gasteiger partial charge in [-0.3, -0.25) is 9.59 Å². The highest BCUT2D eigenvalue weighted by Crippen LogP contribution is 2.40. The van der Waals surface area contributed by atoms with Crippen LogP contribution in [0.1, 0.15) is 58.1 Å². The highest BCUT2D eigenvalue weighted by atomic mass is 32.1. The SMILES string of the molecule is CCOC(=O)c1c(NC(=O)COC(=O)Cc2c(C)noc2C)sc2c1CCC(C)C2. The summed E-state index contributed by atoms with van der Waals surface area (Å²) in [6.07, 6.45) is 2.62. The summed E-state index contributed by atoms with van der Waals surface area (Å²) in [4.78, 5) is 38.1. The number of hydrogen-bond acceptors (Lipinski definition) is 8. The van der Waals surface area contributed by atoms with Gasteiger partial charge in [0.15, 0.2) is 6.61 Å². The quantitative estimate of drug-likeness (QED) is 0.666. The molecule has 3 rings (SSSR count). The molecule has 1 unspecified atom stereocenters. The van der Waals surface area contributed by atoms with Crippen molar-refractivity contribution in [1.82, 2.24) is 5.16 Å². The van der Waals surface area contributed by atoms with Gasteiger partial charge in [0.25, 0.3) is 5.91 Å². The van der Waals surface area contributed by atoms with E-state index in [4.69, 9.17) is 14.0 Å². The molecule has 1 aliphatic carbocycles. The van der Waals surface area contributed by atoms with E-state index in [-0.39, 0.29) is 13.0 Å². The second-order valence-corrected chi connectivity index (χ2v) is 8.57. The predicted octanol–water partition coefficient (Wildman–Crippen LogP) is 3.38. The Morgan fingerprint density at radius 3 is 2.70 bits per heavy atom. The first-order valence-electron chi connectivity index (χ1n) is 9.99. The number of anilines is 1. The lowest BCUT2D eigenvalue weighted by Gasteiger charge is -2.18. The predicted molar refractivity (Wildman–Crippen MR) is 111 cm³/mol. The van der Waals surface area contributed by atoms with E-state index in [9.17, 15) is 14.4 Å². The lowest BCUT2D eigenvalue weighted by Crippen LogP contribution is -2.22. The molecule has 9 heteroatoms. The van der Waals surface area contributed by atoms with Gasteiger partial charge < -0.3 is 19.3 Å². The molecule has 8 nitrogen and oxygen atoms in total. The molecular weight excluding hydrogens is 408 g/mol. The first kappa shape index (κ1) is 22.0. The molecule has 1 amide bonds. The third kappa shape index (κ3) is 4.89. The number of esters is 2. The summed E-state index contributed by atoms with van der Waals surface area (Å²) < 4.78 is 15.3. The van der Waals surface area contributed by atoms with Gasteiger partial charge in [0, 0.05) is 10.4 Å². The summed E-state index contributed by atoms with van der Waals surface area (Å²) in [6, 6.07) is 0. The van der Waals surface area contributed by atoms with Crippen LogP contribution in [-0.2, 0) is 38.3 Å². The molecule has 2 aromatic rings. The van der Waals surface area contributed by atoms with Crippen molar-refractivity contribution in [2.75, 3.05) is 18.5 Å². The first-order chi connectivity index (χ1) is 14.3. The third-order valence-electron chi connectivity index (χ3n) is 5.11. The van der Waals surface area contributed by atoms with E-state index in [1.807, 2.05) is 0 Å². The summed E-state index contributed by atoms with van der Waals surface area (Å²) in [6.45, 7) is 7.18. The van der Waals surface area contributed by atoms with E-state index >= 15 is 0 Å². The van der Waals surface area contributed by atoms with Crippen LogP contribution < -0.4 is 5.32 Å². The number of nitrogens with one attached hydrogen (secondary N) is 1. The average molecular weight is 435 g/mol. The van der Waals surface area contributed by atoms with Crippen molar-refractivity contribution in [2.45, 2.75) is 53.4 Å². The van der Waals surface area contributed by atoms with Crippen molar-refractivity contribution in [3.63, 3.8) is 0 Å². The van der Waals surface area contributed by atoms with E-state index in [2.05, 4.69) is 17.4 Å². The van der Waals surface area contributed by atoms with Gasteiger partial charge >= 0.3 is 11.9 Å². The molecule has 2 aromatic heterocycles. The number of rotatable bonds is 7. The molecule has 2 heterocycles. The molecule has 0 spiro atoms. The van der Waals surface area contributed by atoms with Crippen LogP contribution in [0.3, 0.4) is 0 Å². The van der Waals surface area contributed by atoms with Crippen molar-refractivity contribution in [2.24, 2.45) is 5.92 Å². The molecule has 0 bridgehead atoms. The molecular formula is C21H26N2O6S. The second kappa shape index (κ2) is 9.42. The maximum atomic E-state index is 12.5. The number of thiophene rings is 1. The van der Waals surface area contributed by atoms with E-state index in [1.54, 1.807) is 20.8 Å². The summed E-state index contributed by atoms with van der Waals surface area (Å²) in [5, 5.41) is 6.98. The zero-order chi connectivity index (χ0) is 21.8. The van der Waals surface area contributed by atoms with Crippen LogP contribution in [0.15, 0.2) is 4.52 Å². The fraction of sp³-hybridized carbons (Fsp3) is 0.524. The van der Waals surface area contributed by atoms with Crippen LogP contribution in [0.25, 0.3) is 0 Å². The number of aryl methyl sites for hydroxylation is 2. The van der Waals surface area contributed by atoms with Gasteiger partial charge in [0.2, 0.25) is 0 Å². The Morgan fingerprint density at radius 1 is 1.27 bits per heavy atom. The molecule has 0 saturated carbocycles. The fourth-order valence-corrected chi connectivity index (χ4v) is 4.93. The highest BCUT2D eigenvalue weighted by molar-refractivity contribution is 7.17. The molecule has 30 heavy (non-hydrogen) atoms. The zero-order valence-electron chi connectivity index (χ0n) is 17.6. The number of amides is 1. The van der Waals surface area contributed by atoms with Crippen molar-refractivity contribution in [3.8, 4) is 0 Å². The molecule has 0 aromatic carbocycles. The van der Waals surface area contributed by atoms with Gasteiger partial charge in [-0.2, -0.15) is 0 Å². The lowest BCUT2D eigenvalue weighted by atomic mass is 9.88. The van der Waals surface area contributed by atoms with Gasteiger partial charge in [-0.15, -0.1) is 11.3 Å². The molecule has 1 N–H and O–H groups in total. The Labute approximate surface area is 178 Å². The zero-order valence-corrected chi connectivity index (χ0v) is 18.4. The summed E-state index contributed by atoms with van der Waals surface area (Å²) in [5.74, 6) is -0.412. The van der Waals surface area contributed by atoms with Gasteiger partial charge in [0.05, 0.1) is 24.3 Å². The van der Waals surface area contributed by atoms with Crippen LogP contribution >= 0.6 is 11.3 Å². The number of nitrogens with zero attached hydrogens (tertiary/aromatic N) is 1. The molecule has 162 valence electrons. The lowest BCUT2D eigenvalue weighted by molar-refractivity contribution is -0.146. The van der Waals surface area contributed by atoms with Crippen LogP contribution in [0, 0.1) is 19.8 Å². The Kier molecular flexibility index (Phi) is 6.91. The van der Waals surface area contributed by atoms with Crippen molar-refractivity contribution >= 4 is 34.2 Å². The topological polar surface area (TPSA) is 108 Å². The Morgan fingerprint density at radius 2 is 2.03 bits per heavy atom. The van der Waals surface area contributed by atoms with E-state index in [0.29, 0.717) is 33.5 Å². The third-order valence-corrected chi connectivity index (χ3v) is 6.28. The van der Waals surface area contributed by atoms with Gasteiger partial charge in [-0.05, 0) is 51.5 Å². The summed E-state index contributed by atoms with van der Waals surface area (Å²) >= 11 is 1.40. The molecule has 0 aliphatic heterocycles. The largest absolute Gasteiger partial charge is 0.462 e. The average Bonchev–Trinajstić information content (AvgIpc) is 3.20. The van der Waals surface area contributed by atoms with Gasteiger partial charge in [-0.1, -0.05) is 12.1 Å². The standard InChI is InChI=1S/C21H26N2O6S/c1-5-27-21(26)19-14-7-6-11(2)8-16(14)30-20(19)22-17(24)10-28-18(25)9-15-12(3)23-29-13(15)4/h11H,5-10H2,1-4H3,(H,22,24). The van der Waals surface area contributed by atoms with Gasteiger partial charge in [0.1, 0.15) is 10.8 Å². The first-order valence-corrected chi connectivity index (χ1v) is 10.8. The minimum Gasteiger partial charge on any atom is -0.462 e. The van der Waals surface area contributed by atoms with Crippen LogP contribution in [0.5, 0.6) is 0 Å². The Balaban J connectivity index is 1.66. The van der Waals surface area contributed by atoms with Crippen molar-refractivity contribution < 1.29 is 28.4 Å². The maximum absolute atomic E-state index is 12.5. The smallest absolute Gasteiger partial charge is 0.341 e. The van der Waals surface area contributed by atoms with E-state index in [1.165, 1.54) is 11.3 Å². The Hall–Kier alpha value is -2.68. The molecule has 1 aliphatic rings. The highest BCUT2D eigenvalue weighted by Gasteiger charge is 2.29. The minimum atomic E-state index is -0.551. The maximum Gasteiger partial charge on any atom is 0.341 e. The molecule has 1 atom stereocenters. The number of aromatic nitrogens is 1. The number of carbonyl (C=O) groups is 3. The molecule has 0 fully saturated rings. The van der Waals surface area contributed by atoms with Crippen molar-refractivity contribution in [3.05, 3.63) is 33.0 Å². The van der Waals surface area contributed by atoms with Gasteiger partial charge in [-0.25, -0.2) is 4.79 Å². The van der Waals surface area contributed by atoms with E-state index < -0.39 is 24.5 Å². The summed E-state index contributed by atoms with van der Waals surface area (Å²) in [7, 11) is 0. The van der Waals surface area contributed by atoms with Crippen molar-refractivity contribution in [1.29, 1.82) is 0 Å². The van der Waals surface area contributed by atoms with Crippen LogP contribution in [-0.4, -0.2) is 36.2 Å². The summed E-state index contributed by atoms with van der Waals surface area (Å²) in [5.41, 5.74) is 2.66. The minimum absolute atomic E-state index is 0.0201. The normalized spacial score (nSPS) is 15.4. The van der Waals surface area contributed by atoms with Crippen LogP contribution in [0.4, 0.5) is 5.00 Å². The van der Waals surface area contributed by atoms with E-state index in [0.717, 1.165) is 29.7 Å².